The molecular weight excluding hydrogens is 606 g/mol. The summed E-state index contributed by atoms with van der Waals surface area (Å²) in [6, 6.07) is -0.827. The summed E-state index contributed by atoms with van der Waals surface area (Å²) < 4.78 is 6.13. The van der Waals surface area contributed by atoms with E-state index in [-0.39, 0.29) is 51.4 Å². The van der Waals surface area contributed by atoms with Crippen LogP contribution in [0.4, 0.5) is 0 Å². The number of carbonyl (C=O) groups is 4. The van der Waals surface area contributed by atoms with Crippen molar-refractivity contribution in [3.63, 3.8) is 0 Å². The molecule has 0 radical (unpaired) electrons. The van der Waals surface area contributed by atoms with Gasteiger partial charge in [0.05, 0.1) is 11.8 Å². The van der Waals surface area contributed by atoms with Crippen molar-refractivity contribution in [2.75, 3.05) is 0 Å². The van der Waals surface area contributed by atoms with Crippen LogP contribution in [0.2, 0.25) is 0 Å². The normalized spacial score (nSPS) is 40.8. The summed E-state index contributed by atoms with van der Waals surface area (Å²) in [5.41, 5.74) is -0.914. The van der Waals surface area contributed by atoms with Crippen LogP contribution in [-0.4, -0.2) is 46.2 Å². The molecule has 0 heterocycles. The highest BCUT2D eigenvalue weighted by Crippen LogP contribution is 2.77. The molecule has 3 unspecified atom stereocenters. The van der Waals surface area contributed by atoms with Gasteiger partial charge in [-0.05, 0) is 136 Å². The molecule has 5 rings (SSSR count). The van der Waals surface area contributed by atoms with E-state index in [0.717, 1.165) is 51.4 Å². The van der Waals surface area contributed by atoms with Crippen LogP contribution < -0.4 is 5.32 Å². The molecule has 1 amide bonds. The largest absolute Gasteiger partial charge is 0.481 e. The van der Waals surface area contributed by atoms with Crippen molar-refractivity contribution in [1.82, 2.24) is 5.32 Å². The van der Waals surface area contributed by atoms with Gasteiger partial charge in [-0.2, -0.15) is 0 Å². The summed E-state index contributed by atoms with van der Waals surface area (Å²) in [7, 11) is 0. The van der Waals surface area contributed by atoms with E-state index in [1.165, 1.54) is 19.3 Å². The Bertz CT molecular complexity index is 1290. The van der Waals surface area contributed by atoms with Gasteiger partial charge >= 0.3 is 17.9 Å². The van der Waals surface area contributed by atoms with Crippen LogP contribution in [0.25, 0.3) is 0 Å². The number of carboxylic acid groups (broad SMARTS) is 2. The SMILES string of the molecule is CC(C)CC(NC(=O)C[C@]12CCC[C@@H]1[C@H]1CCC3[C@@]4(C)CC[C@H](OC(=O)CC(C)(C)C(=O)O)C(C)(C)C4CC[C@@]3(C)[C@]1(C)CC2)C(=O)O. The van der Waals surface area contributed by atoms with Gasteiger partial charge in [0.25, 0.3) is 0 Å². The van der Waals surface area contributed by atoms with Crippen LogP contribution in [0.5, 0.6) is 0 Å². The average molecular weight is 672 g/mol. The molecule has 8 heteroatoms. The Hall–Kier alpha value is -2.12. The molecule has 5 saturated carbocycles. The Labute approximate surface area is 289 Å². The summed E-state index contributed by atoms with van der Waals surface area (Å²) >= 11 is 0. The van der Waals surface area contributed by atoms with Gasteiger partial charge in [0.15, 0.2) is 0 Å². The quantitative estimate of drug-likeness (QED) is 0.199. The number of rotatable bonds is 10. The first-order valence-corrected chi connectivity index (χ1v) is 19.1. The number of ether oxygens (including phenoxy) is 1. The lowest BCUT2D eigenvalue weighted by Gasteiger charge is -2.72. The number of esters is 1. The fraction of sp³-hybridized carbons (Fsp3) is 0.900. The lowest BCUT2D eigenvalue weighted by molar-refractivity contribution is -0.248. The number of hydrogen-bond donors (Lipinski definition) is 3. The van der Waals surface area contributed by atoms with Crippen molar-refractivity contribution in [2.24, 2.45) is 62.1 Å². The lowest BCUT2D eigenvalue weighted by Crippen LogP contribution is -2.66. The maximum atomic E-state index is 13.5. The number of fused-ring (bicyclic) bond motifs is 7. The summed E-state index contributed by atoms with van der Waals surface area (Å²) in [6.45, 7) is 19.4. The molecule has 5 fully saturated rings. The highest BCUT2D eigenvalue weighted by atomic mass is 16.5. The number of carboxylic acids is 2. The smallest absolute Gasteiger partial charge is 0.326 e. The third kappa shape index (κ3) is 6.01. The summed E-state index contributed by atoms with van der Waals surface area (Å²) in [5.74, 6) is -0.188. The minimum absolute atomic E-state index is 0.0292. The number of aliphatic carboxylic acids is 2. The second-order valence-electron chi connectivity index (χ2n) is 19.5. The van der Waals surface area contributed by atoms with Crippen LogP contribution in [0.3, 0.4) is 0 Å². The van der Waals surface area contributed by atoms with Crippen molar-refractivity contribution in [3.05, 3.63) is 0 Å². The van der Waals surface area contributed by atoms with Gasteiger partial charge in [0.1, 0.15) is 12.1 Å². The fourth-order valence-corrected chi connectivity index (χ4v) is 13.1. The molecule has 0 aromatic carbocycles. The molecule has 0 spiro atoms. The second-order valence-corrected chi connectivity index (χ2v) is 19.5. The van der Waals surface area contributed by atoms with E-state index in [9.17, 15) is 29.4 Å². The highest BCUT2D eigenvalue weighted by molar-refractivity contribution is 5.84. The van der Waals surface area contributed by atoms with Crippen LogP contribution in [0, 0.1) is 62.1 Å². The standard InChI is InChI=1S/C40H65NO7/c1-24(2)21-27(33(44)45)41-31(42)22-40-16-10-11-26(40)25-12-13-29-37(7)17-15-30(48-32(43)23-35(3,4)34(46)47)36(5,6)28(37)14-18-39(29,9)38(25,8)19-20-40/h24-30H,10-23H2,1-9H3,(H,41,42)(H,44,45)(H,46,47)/t25-,26-,27?,28?,29?,30+,37+,38-,39-,40-/m1/s1. The van der Waals surface area contributed by atoms with E-state index in [0.29, 0.717) is 36.5 Å². The van der Waals surface area contributed by atoms with E-state index in [1.807, 2.05) is 13.8 Å². The van der Waals surface area contributed by atoms with Gasteiger partial charge in [-0.3, -0.25) is 14.4 Å². The van der Waals surface area contributed by atoms with E-state index in [1.54, 1.807) is 13.8 Å². The first-order chi connectivity index (χ1) is 22.1. The summed E-state index contributed by atoms with van der Waals surface area (Å²) in [5, 5.41) is 22.3. The minimum atomic E-state index is -1.15. The molecule has 0 aliphatic heterocycles. The monoisotopic (exact) mass is 671 g/mol. The average Bonchev–Trinajstić information content (AvgIpc) is 3.37. The van der Waals surface area contributed by atoms with Crippen LogP contribution in [0.1, 0.15) is 152 Å². The van der Waals surface area contributed by atoms with E-state index >= 15 is 0 Å². The van der Waals surface area contributed by atoms with Gasteiger partial charge in [0.2, 0.25) is 5.91 Å². The van der Waals surface area contributed by atoms with Crippen LogP contribution in [-0.2, 0) is 23.9 Å². The Balaban J connectivity index is 1.33. The van der Waals surface area contributed by atoms with Crippen LogP contribution in [0.15, 0.2) is 0 Å². The Morgan fingerprint density at radius 1 is 0.812 bits per heavy atom. The molecule has 0 aromatic heterocycles. The Kier molecular flexibility index (Phi) is 9.73. The number of amides is 1. The van der Waals surface area contributed by atoms with Crippen molar-refractivity contribution < 1.29 is 34.1 Å². The minimum Gasteiger partial charge on any atom is -0.481 e. The fourth-order valence-electron chi connectivity index (χ4n) is 13.1. The molecule has 0 bridgehead atoms. The number of nitrogens with one attached hydrogen (secondary N) is 1. The molecule has 10 atom stereocenters. The Morgan fingerprint density at radius 2 is 1.50 bits per heavy atom. The molecule has 272 valence electrons. The van der Waals surface area contributed by atoms with Gasteiger partial charge in [-0.1, -0.05) is 54.9 Å². The lowest BCUT2D eigenvalue weighted by atomic mass is 9.32. The Morgan fingerprint density at radius 3 is 2.12 bits per heavy atom. The summed E-state index contributed by atoms with van der Waals surface area (Å²) in [6.07, 6.45) is 12.5. The zero-order valence-electron chi connectivity index (χ0n) is 31.4. The van der Waals surface area contributed by atoms with Crippen LogP contribution >= 0.6 is 0 Å². The molecular formula is C40H65NO7. The van der Waals surface area contributed by atoms with E-state index in [4.69, 9.17) is 4.74 Å². The summed E-state index contributed by atoms with van der Waals surface area (Å²) in [4.78, 5) is 50.1. The molecule has 8 nitrogen and oxygen atoms in total. The predicted molar refractivity (Wildman–Crippen MR) is 185 cm³/mol. The van der Waals surface area contributed by atoms with Gasteiger partial charge in [-0.25, -0.2) is 4.79 Å². The van der Waals surface area contributed by atoms with Crippen molar-refractivity contribution >= 4 is 23.8 Å². The number of hydrogen-bond acceptors (Lipinski definition) is 5. The second kappa shape index (κ2) is 12.6. The zero-order chi connectivity index (χ0) is 35.7. The highest BCUT2D eigenvalue weighted by Gasteiger charge is 2.70. The zero-order valence-corrected chi connectivity index (χ0v) is 31.4. The van der Waals surface area contributed by atoms with Gasteiger partial charge in [0, 0.05) is 11.8 Å². The molecule has 5 aliphatic carbocycles. The molecule has 0 aromatic rings. The topological polar surface area (TPSA) is 130 Å². The first kappa shape index (κ1) is 37.1. The number of carbonyl (C=O) groups excluding carboxylic acids is 2. The van der Waals surface area contributed by atoms with Crippen molar-refractivity contribution in [1.29, 1.82) is 0 Å². The van der Waals surface area contributed by atoms with Gasteiger partial charge < -0.3 is 20.3 Å². The van der Waals surface area contributed by atoms with E-state index in [2.05, 4.69) is 39.9 Å². The van der Waals surface area contributed by atoms with Crippen molar-refractivity contribution in [3.8, 4) is 0 Å². The predicted octanol–water partition coefficient (Wildman–Crippen LogP) is 8.26. The first-order valence-electron chi connectivity index (χ1n) is 19.1. The molecule has 48 heavy (non-hydrogen) atoms. The maximum absolute atomic E-state index is 13.5. The third-order valence-electron chi connectivity index (χ3n) is 15.8. The maximum Gasteiger partial charge on any atom is 0.326 e. The molecule has 3 N–H and O–H groups in total. The van der Waals surface area contributed by atoms with E-state index < -0.39 is 29.4 Å². The van der Waals surface area contributed by atoms with Crippen molar-refractivity contribution in [2.45, 2.75) is 164 Å². The third-order valence-corrected chi connectivity index (χ3v) is 15.8. The molecule has 0 saturated heterocycles. The molecule has 5 aliphatic rings. The van der Waals surface area contributed by atoms with Gasteiger partial charge in [-0.15, -0.1) is 0 Å².